The van der Waals surface area contributed by atoms with Crippen LogP contribution in [0, 0.1) is 19.7 Å². The fourth-order valence-electron chi connectivity index (χ4n) is 1.96. The molecule has 1 aromatic rings. The lowest BCUT2D eigenvalue weighted by atomic mass is 10.1. The van der Waals surface area contributed by atoms with Crippen molar-refractivity contribution in [1.82, 2.24) is 10.6 Å². The molecule has 1 aliphatic rings. The minimum atomic E-state index is -0.148. The average Bonchev–Trinajstić information content (AvgIpc) is 3.09. The smallest absolute Gasteiger partial charge is 0.234 e. The molecule has 0 bridgehead atoms. The minimum Gasteiger partial charge on any atom is -0.352 e. The first kappa shape index (κ1) is 13.0. The molecule has 2 rings (SSSR count). The summed E-state index contributed by atoms with van der Waals surface area (Å²) in [5, 5.41) is 5.98. The van der Waals surface area contributed by atoms with E-state index < -0.39 is 0 Å². The summed E-state index contributed by atoms with van der Waals surface area (Å²) < 4.78 is 13.4. The first-order valence-electron chi connectivity index (χ1n) is 6.32. The summed E-state index contributed by atoms with van der Waals surface area (Å²) in [6, 6.07) is 4.03. The van der Waals surface area contributed by atoms with E-state index in [1.807, 2.05) is 12.1 Å². The van der Waals surface area contributed by atoms with E-state index in [-0.39, 0.29) is 11.7 Å². The van der Waals surface area contributed by atoms with E-state index >= 15 is 0 Å². The van der Waals surface area contributed by atoms with Crippen LogP contribution in [0.2, 0.25) is 0 Å². The van der Waals surface area contributed by atoms with Gasteiger partial charge in [-0.15, -0.1) is 0 Å². The maximum absolute atomic E-state index is 13.4. The quantitative estimate of drug-likeness (QED) is 0.837. The van der Waals surface area contributed by atoms with Gasteiger partial charge in [0.15, 0.2) is 0 Å². The molecule has 0 aliphatic heterocycles. The van der Waals surface area contributed by atoms with Gasteiger partial charge in [-0.2, -0.15) is 0 Å². The Kier molecular flexibility index (Phi) is 3.97. The summed E-state index contributed by atoms with van der Waals surface area (Å²) in [5.41, 5.74) is 2.30. The lowest BCUT2D eigenvalue weighted by Gasteiger charge is -2.08. The van der Waals surface area contributed by atoms with Crippen LogP contribution < -0.4 is 10.6 Å². The van der Waals surface area contributed by atoms with Gasteiger partial charge in [-0.3, -0.25) is 4.79 Å². The molecule has 1 saturated carbocycles. The van der Waals surface area contributed by atoms with E-state index in [0.29, 0.717) is 30.3 Å². The summed E-state index contributed by atoms with van der Waals surface area (Å²) in [4.78, 5) is 11.4. The van der Waals surface area contributed by atoms with Gasteiger partial charge in [-0.25, -0.2) is 4.39 Å². The lowest BCUT2D eigenvalue weighted by molar-refractivity contribution is -0.120. The molecule has 1 aliphatic carbocycles. The first-order valence-corrected chi connectivity index (χ1v) is 6.32. The molecule has 18 heavy (non-hydrogen) atoms. The van der Waals surface area contributed by atoms with Crippen molar-refractivity contribution < 1.29 is 9.18 Å². The Morgan fingerprint density at radius 2 is 1.94 bits per heavy atom. The SMILES string of the molecule is Cc1cc(CNCC(=O)NC2CC2)cc(C)c1F. The van der Waals surface area contributed by atoms with Crippen molar-refractivity contribution in [2.24, 2.45) is 0 Å². The number of carbonyl (C=O) groups excluding carboxylic acids is 1. The van der Waals surface area contributed by atoms with Crippen molar-refractivity contribution in [3.05, 3.63) is 34.6 Å². The summed E-state index contributed by atoms with van der Waals surface area (Å²) in [5.74, 6) is -0.113. The van der Waals surface area contributed by atoms with Crippen molar-refractivity contribution in [3.8, 4) is 0 Å². The lowest BCUT2D eigenvalue weighted by Crippen LogP contribution is -2.34. The van der Waals surface area contributed by atoms with Crippen molar-refractivity contribution in [3.63, 3.8) is 0 Å². The zero-order valence-electron chi connectivity index (χ0n) is 10.8. The average molecular weight is 250 g/mol. The van der Waals surface area contributed by atoms with E-state index in [9.17, 15) is 9.18 Å². The molecule has 0 spiro atoms. The number of nitrogens with one attached hydrogen (secondary N) is 2. The Hall–Kier alpha value is -1.42. The number of rotatable bonds is 5. The van der Waals surface area contributed by atoms with E-state index in [1.54, 1.807) is 13.8 Å². The molecule has 0 atom stereocenters. The first-order chi connectivity index (χ1) is 8.56. The van der Waals surface area contributed by atoms with E-state index in [4.69, 9.17) is 0 Å². The van der Waals surface area contributed by atoms with E-state index in [0.717, 1.165) is 18.4 Å². The third-order valence-electron chi connectivity index (χ3n) is 3.05. The second-order valence-corrected chi connectivity index (χ2v) is 4.99. The summed E-state index contributed by atoms with van der Waals surface area (Å²) in [7, 11) is 0. The van der Waals surface area contributed by atoms with Crippen LogP contribution >= 0.6 is 0 Å². The number of halogens is 1. The molecule has 0 heterocycles. The van der Waals surface area contributed by atoms with Gasteiger partial charge >= 0.3 is 0 Å². The third kappa shape index (κ3) is 3.53. The second-order valence-electron chi connectivity index (χ2n) is 4.99. The van der Waals surface area contributed by atoms with Crippen LogP contribution in [0.3, 0.4) is 0 Å². The van der Waals surface area contributed by atoms with Crippen LogP contribution in [0.25, 0.3) is 0 Å². The highest BCUT2D eigenvalue weighted by Gasteiger charge is 2.22. The third-order valence-corrected chi connectivity index (χ3v) is 3.05. The van der Waals surface area contributed by atoms with Crippen LogP contribution in [-0.4, -0.2) is 18.5 Å². The van der Waals surface area contributed by atoms with Gasteiger partial charge in [-0.05, 0) is 43.4 Å². The van der Waals surface area contributed by atoms with Crippen molar-refractivity contribution in [2.75, 3.05) is 6.54 Å². The Morgan fingerprint density at radius 3 is 2.50 bits per heavy atom. The number of amides is 1. The second kappa shape index (κ2) is 5.48. The number of hydrogen-bond donors (Lipinski definition) is 2. The minimum absolute atomic E-state index is 0.0352. The maximum atomic E-state index is 13.4. The Bertz CT molecular complexity index is 432. The molecular weight excluding hydrogens is 231 g/mol. The van der Waals surface area contributed by atoms with Gasteiger partial charge < -0.3 is 10.6 Å². The van der Waals surface area contributed by atoms with Gasteiger partial charge in [0, 0.05) is 12.6 Å². The molecule has 1 amide bonds. The molecule has 4 heteroatoms. The summed E-state index contributed by atoms with van der Waals surface area (Å²) in [6.07, 6.45) is 2.20. The molecule has 0 aromatic heterocycles. The molecule has 1 fully saturated rings. The Labute approximate surface area is 107 Å². The fourth-order valence-corrected chi connectivity index (χ4v) is 1.96. The maximum Gasteiger partial charge on any atom is 0.234 e. The van der Waals surface area contributed by atoms with Crippen molar-refractivity contribution in [2.45, 2.75) is 39.3 Å². The molecule has 3 nitrogen and oxygen atoms in total. The van der Waals surface area contributed by atoms with Crippen LogP contribution in [0.15, 0.2) is 12.1 Å². The number of aryl methyl sites for hydroxylation is 2. The largest absolute Gasteiger partial charge is 0.352 e. The van der Waals surface area contributed by atoms with Crippen LogP contribution in [0.4, 0.5) is 4.39 Å². The highest BCUT2D eigenvalue weighted by atomic mass is 19.1. The zero-order valence-corrected chi connectivity index (χ0v) is 10.8. The number of hydrogen-bond acceptors (Lipinski definition) is 2. The molecule has 1 aromatic carbocycles. The predicted octanol–water partition coefficient (Wildman–Crippen LogP) is 1.81. The van der Waals surface area contributed by atoms with Gasteiger partial charge in [0.05, 0.1) is 6.54 Å². The van der Waals surface area contributed by atoms with Gasteiger partial charge in [0.25, 0.3) is 0 Å². The fraction of sp³-hybridized carbons (Fsp3) is 0.500. The van der Waals surface area contributed by atoms with Gasteiger partial charge in [-0.1, -0.05) is 12.1 Å². The van der Waals surface area contributed by atoms with Crippen LogP contribution in [0.5, 0.6) is 0 Å². The number of carbonyl (C=O) groups is 1. The molecular formula is C14H19FN2O. The zero-order chi connectivity index (χ0) is 13.1. The van der Waals surface area contributed by atoms with E-state index in [1.165, 1.54) is 0 Å². The molecule has 2 N–H and O–H groups in total. The van der Waals surface area contributed by atoms with Crippen LogP contribution in [-0.2, 0) is 11.3 Å². The monoisotopic (exact) mass is 250 g/mol. The van der Waals surface area contributed by atoms with Crippen LogP contribution in [0.1, 0.15) is 29.5 Å². The molecule has 0 radical (unpaired) electrons. The predicted molar refractivity (Wildman–Crippen MR) is 68.7 cm³/mol. The topological polar surface area (TPSA) is 41.1 Å². The number of benzene rings is 1. The summed E-state index contributed by atoms with van der Waals surface area (Å²) >= 11 is 0. The highest BCUT2D eigenvalue weighted by molar-refractivity contribution is 5.78. The Balaban J connectivity index is 1.80. The van der Waals surface area contributed by atoms with Gasteiger partial charge in [0.1, 0.15) is 5.82 Å². The Morgan fingerprint density at radius 1 is 1.33 bits per heavy atom. The van der Waals surface area contributed by atoms with E-state index in [2.05, 4.69) is 10.6 Å². The standard InChI is InChI=1S/C14H19FN2O/c1-9-5-11(6-10(2)14(9)15)7-16-8-13(18)17-12-3-4-12/h5-6,12,16H,3-4,7-8H2,1-2H3,(H,17,18). The highest BCUT2D eigenvalue weighted by Crippen LogP contribution is 2.18. The summed E-state index contributed by atoms with van der Waals surface area (Å²) in [6.45, 7) is 4.41. The molecule has 0 saturated heterocycles. The molecule has 98 valence electrons. The van der Waals surface area contributed by atoms with Crippen molar-refractivity contribution in [1.29, 1.82) is 0 Å². The van der Waals surface area contributed by atoms with Gasteiger partial charge in [0.2, 0.25) is 5.91 Å². The molecule has 0 unspecified atom stereocenters. The van der Waals surface area contributed by atoms with Crippen molar-refractivity contribution >= 4 is 5.91 Å². The normalized spacial score (nSPS) is 14.6.